The standard InChI is InChI=1S/C8H10Br2/c9-7-4-5-1-2-6(3-5)8(7)10/h4-6,8H,1-3H2/t5-,6-,8-/m0/s1. The van der Waals surface area contributed by atoms with Crippen molar-refractivity contribution in [2.45, 2.75) is 24.1 Å². The van der Waals surface area contributed by atoms with Crippen LogP contribution >= 0.6 is 31.9 Å². The van der Waals surface area contributed by atoms with Crippen molar-refractivity contribution in [1.82, 2.24) is 0 Å². The van der Waals surface area contributed by atoms with Crippen molar-refractivity contribution in [3.05, 3.63) is 10.6 Å². The normalized spacial score (nSPS) is 45.4. The molecule has 0 saturated heterocycles. The van der Waals surface area contributed by atoms with E-state index in [1.807, 2.05) is 0 Å². The maximum Gasteiger partial charge on any atom is 0.0486 e. The van der Waals surface area contributed by atoms with Gasteiger partial charge in [0, 0.05) is 9.31 Å². The molecular formula is C8H10Br2. The van der Waals surface area contributed by atoms with Crippen LogP contribution in [0, 0.1) is 11.8 Å². The minimum atomic E-state index is 0.617. The first-order valence-corrected chi connectivity index (χ1v) is 5.49. The van der Waals surface area contributed by atoms with Gasteiger partial charge in [-0.1, -0.05) is 37.9 Å². The zero-order valence-corrected chi connectivity index (χ0v) is 8.86. The molecule has 2 aliphatic rings. The topological polar surface area (TPSA) is 0 Å². The second-order valence-corrected chi connectivity index (χ2v) is 5.19. The smallest absolute Gasteiger partial charge is 0.0486 e. The summed E-state index contributed by atoms with van der Waals surface area (Å²) in [5.41, 5.74) is 0. The van der Waals surface area contributed by atoms with Gasteiger partial charge in [0.1, 0.15) is 0 Å². The van der Waals surface area contributed by atoms with E-state index in [2.05, 4.69) is 37.9 Å². The predicted molar refractivity (Wildman–Crippen MR) is 50.6 cm³/mol. The first-order chi connectivity index (χ1) is 4.77. The molecule has 0 unspecified atom stereocenters. The van der Waals surface area contributed by atoms with Crippen molar-refractivity contribution in [2.24, 2.45) is 11.8 Å². The van der Waals surface area contributed by atoms with Crippen LogP contribution in [0.3, 0.4) is 0 Å². The average molecular weight is 266 g/mol. The third kappa shape index (κ3) is 1.10. The number of halogens is 2. The summed E-state index contributed by atoms with van der Waals surface area (Å²) in [7, 11) is 0. The van der Waals surface area contributed by atoms with E-state index in [0.717, 1.165) is 11.8 Å². The zero-order chi connectivity index (χ0) is 7.14. The van der Waals surface area contributed by atoms with E-state index in [9.17, 15) is 0 Å². The van der Waals surface area contributed by atoms with Crippen molar-refractivity contribution < 1.29 is 0 Å². The number of allylic oxidation sites excluding steroid dienone is 2. The fraction of sp³-hybridized carbons (Fsp3) is 0.750. The molecule has 2 rings (SSSR count). The maximum absolute atomic E-state index is 3.69. The van der Waals surface area contributed by atoms with E-state index in [-0.39, 0.29) is 0 Å². The van der Waals surface area contributed by atoms with Gasteiger partial charge < -0.3 is 0 Å². The lowest BCUT2D eigenvalue weighted by atomic mass is 9.96. The molecule has 0 spiro atoms. The molecular weight excluding hydrogens is 256 g/mol. The lowest BCUT2D eigenvalue weighted by molar-refractivity contribution is 0.532. The molecule has 10 heavy (non-hydrogen) atoms. The molecule has 1 fully saturated rings. The summed E-state index contributed by atoms with van der Waals surface area (Å²) in [4.78, 5) is 0.617. The highest BCUT2D eigenvalue weighted by Crippen LogP contribution is 2.45. The summed E-state index contributed by atoms with van der Waals surface area (Å²) in [6, 6.07) is 0. The van der Waals surface area contributed by atoms with E-state index in [1.165, 1.54) is 23.7 Å². The molecule has 0 heterocycles. The van der Waals surface area contributed by atoms with Gasteiger partial charge in [-0.3, -0.25) is 0 Å². The first kappa shape index (κ1) is 7.35. The number of hydrogen-bond donors (Lipinski definition) is 0. The Bertz CT molecular complexity index is 174. The fourth-order valence-corrected chi connectivity index (χ4v) is 3.39. The predicted octanol–water partition coefficient (Wildman–Crippen LogP) is 3.46. The minimum absolute atomic E-state index is 0.617. The first-order valence-electron chi connectivity index (χ1n) is 3.78. The summed E-state index contributed by atoms with van der Waals surface area (Å²) in [5.74, 6) is 1.79. The Hall–Kier alpha value is 0.700. The van der Waals surface area contributed by atoms with Crippen molar-refractivity contribution in [3.63, 3.8) is 0 Å². The second-order valence-electron chi connectivity index (χ2n) is 3.29. The lowest BCUT2D eigenvalue weighted by Crippen LogP contribution is -2.15. The number of rotatable bonds is 0. The van der Waals surface area contributed by atoms with Crippen LogP contribution in [-0.2, 0) is 0 Å². The minimum Gasteiger partial charge on any atom is -0.0830 e. The molecule has 2 heteroatoms. The Morgan fingerprint density at radius 2 is 2.20 bits per heavy atom. The van der Waals surface area contributed by atoms with Gasteiger partial charge in [0.2, 0.25) is 0 Å². The van der Waals surface area contributed by atoms with Crippen LogP contribution in [0.1, 0.15) is 19.3 Å². The average Bonchev–Trinajstić information content (AvgIpc) is 2.29. The van der Waals surface area contributed by atoms with Crippen LogP contribution in [0.4, 0.5) is 0 Å². The summed E-state index contributed by atoms with van der Waals surface area (Å²) in [6.07, 6.45) is 6.60. The van der Waals surface area contributed by atoms with E-state index >= 15 is 0 Å². The third-order valence-electron chi connectivity index (χ3n) is 2.59. The van der Waals surface area contributed by atoms with Crippen LogP contribution in [0.15, 0.2) is 10.6 Å². The summed E-state index contributed by atoms with van der Waals surface area (Å²) in [6.45, 7) is 0. The second kappa shape index (κ2) is 2.63. The Balaban J connectivity index is 2.25. The zero-order valence-electron chi connectivity index (χ0n) is 5.69. The van der Waals surface area contributed by atoms with E-state index in [0.29, 0.717) is 4.83 Å². The number of alkyl halides is 1. The van der Waals surface area contributed by atoms with Crippen LogP contribution in [0.5, 0.6) is 0 Å². The molecule has 3 atom stereocenters. The number of fused-ring (bicyclic) bond motifs is 2. The van der Waals surface area contributed by atoms with E-state index in [1.54, 1.807) is 0 Å². The molecule has 0 aromatic rings. The third-order valence-corrected chi connectivity index (χ3v) is 5.20. The maximum atomic E-state index is 3.69. The molecule has 2 aliphatic carbocycles. The van der Waals surface area contributed by atoms with Gasteiger partial charge in [-0.25, -0.2) is 0 Å². The summed E-state index contributed by atoms with van der Waals surface area (Å²) >= 11 is 7.28. The Morgan fingerprint density at radius 3 is 3.00 bits per heavy atom. The van der Waals surface area contributed by atoms with Crippen molar-refractivity contribution in [1.29, 1.82) is 0 Å². The molecule has 1 saturated carbocycles. The van der Waals surface area contributed by atoms with Gasteiger partial charge >= 0.3 is 0 Å². The van der Waals surface area contributed by atoms with Gasteiger partial charge in [-0.2, -0.15) is 0 Å². The van der Waals surface area contributed by atoms with Crippen LogP contribution in [0.2, 0.25) is 0 Å². The van der Waals surface area contributed by atoms with Crippen LogP contribution in [0.25, 0.3) is 0 Å². The van der Waals surface area contributed by atoms with E-state index in [4.69, 9.17) is 0 Å². The van der Waals surface area contributed by atoms with Crippen molar-refractivity contribution in [3.8, 4) is 0 Å². The molecule has 2 bridgehead atoms. The fourth-order valence-electron chi connectivity index (χ4n) is 2.01. The van der Waals surface area contributed by atoms with Gasteiger partial charge in [0.05, 0.1) is 0 Å². The molecule has 0 radical (unpaired) electrons. The van der Waals surface area contributed by atoms with Crippen molar-refractivity contribution in [2.75, 3.05) is 0 Å². The monoisotopic (exact) mass is 264 g/mol. The Morgan fingerprint density at radius 1 is 1.40 bits per heavy atom. The largest absolute Gasteiger partial charge is 0.0830 e. The Kier molecular flexibility index (Phi) is 1.94. The van der Waals surface area contributed by atoms with Gasteiger partial charge in [0.25, 0.3) is 0 Å². The van der Waals surface area contributed by atoms with E-state index < -0.39 is 0 Å². The van der Waals surface area contributed by atoms with Crippen LogP contribution < -0.4 is 0 Å². The molecule has 0 aliphatic heterocycles. The Labute approximate surface area is 78.3 Å². The lowest BCUT2D eigenvalue weighted by Gasteiger charge is -2.21. The highest BCUT2D eigenvalue weighted by atomic mass is 79.9. The summed E-state index contributed by atoms with van der Waals surface area (Å²) < 4.78 is 1.38. The highest BCUT2D eigenvalue weighted by molar-refractivity contribution is 9.14. The molecule has 0 nitrogen and oxygen atoms in total. The van der Waals surface area contributed by atoms with Gasteiger partial charge in [-0.05, 0) is 31.1 Å². The molecule has 56 valence electrons. The summed E-state index contributed by atoms with van der Waals surface area (Å²) in [5, 5.41) is 0. The van der Waals surface area contributed by atoms with Crippen LogP contribution in [-0.4, -0.2) is 4.83 Å². The molecule has 0 aromatic carbocycles. The molecule has 0 amide bonds. The van der Waals surface area contributed by atoms with Crippen molar-refractivity contribution >= 4 is 31.9 Å². The highest BCUT2D eigenvalue weighted by Gasteiger charge is 2.34. The molecule has 0 aromatic heterocycles. The molecule has 0 N–H and O–H groups in total. The van der Waals surface area contributed by atoms with Gasteiger partial charge in [0.15, 0.2) is 0 Å². The van der Waals surface area contributed by atoms with Gasteiger partial charge in [-0.15, -0.1) is 0 Å². The number of hydrogen-bond acceptors (Lipinski definition) is 0. The SMILES string of the molecule is BrC1=C[C@H]2CC[C@@H](C2)[C@@H]1Br. The quantitative estimate of drug-likeness (QED) is 0.589.